The summed E-state index contributed by atoms with van der Waals surface area (Å²) in [4.78, 5) is 17.9. The first-order valence-electron chi connectivity index (χ1n) is 9.21. The van der Waals surface area contributed by atoms with Crippen LogP contribution in [0.5, 0.6) is 0 Å². The van der Waals surface area contributed by atoms with Crippen LogP contribution in [-0.2, 0) is 6.18 Å². The second-order valence-electron chi connectivity index (χ2n) is 7.05. The molecule has 1 aliphatic heterocycles. The predicted molar refractivity (Wildman–Crippen MR) is 102 cm³/mol. The quantitative estimate of drug-likeness (QED) is 0.691. The fourth-order valence-corrected chi connectivity index (χ4v) is 3.74. The van der Waals surface area contributed by atoms with Gasteiger partial charge >= 0.3 is 6.18 Å². The minimum atomic E-state index is -4.40. The number of carbonyl (C=O) groups excluding carboxylic acids is 1. The molecule has 0 radical (unpaired) electrons. The summed E-state index contributed by atoms with van der Waals surface area (Å²) in [5.41, 5.74) is 1.66. The van der Waals surface area contributed by atoms with E-state index in [2.05, 4.69) is 21.3 Å². The van der Waals surface area contributed by atoms with Gasteiger partial charge in [0.1, 0.15) is 0 Å². The second kappa shape index (κ2) is 7.22. The van der Waals surface area contributed by atoms with E-state index in [9.17, 15) is 18.0 Å². The van der Waals surface area contributed by atoms with E-state index in [-0.39, 0.29) is 17.5 Å². The van der Waals surface area contributed by atoms with Crippen molar-refractivity contribution in [1.29, 1.82) is 0 Å². The van der Waals surface area contributed by atoms with Crippen LogP contribution in [0.1, 0.15) is 28.8 Å². The molecule has 1 atom stereocenters. The van der Waals surface area contributed by atoms with Gasteiger partial charge < -0.3 is 15.2 Å². The van der Waals surface area contributed by atoms with Crippen molar-refractivity contribution in [2.45, 2.75) is 25.1 Å². The lowest BCUT2D eigenvalue weighted by Gasteiger charge is -2.35. The van der Waals surface area contributed by atoms with Crippen LogP contribution in [0.4, 0.5) is 18.9 Å². The maximum absolute atomic E-state index is 12.7. The van der Waals surface area contributed by atoms with Crippen molar-refractivity contribution >= 4 is 22.5 Å². The third-order valence-corrected chi connectivity index (χ3v) is 5.14. The molecule has 1 aliphatic rings. The van der Waals surface area contributed by atoms with Gasteiger partial charge in [0.2, 0.25) is 0 Å². The SMILES string of the molecule is O=C(NC1CCCN(c2cccc3[nH]ccc23)C1)c1ccc(C(F)(F)F)cc1. The van der Waals surface area contributed by atoms with Gasteiger partial charge in [-0.1, -0.05) is 6.07 Å². The minimum Gasteiger partial charge on any atom is -0.369 e. The zero-order valence-corrected chi connectivity index (χ0v) is 15.1. The summed E-state index contributed by atoms with van der Waals surface area (Å²) in [6.07, 6.45) is -0.731. The number of alkyl halides is 3. The smallest absolute Gasteiger partial charge is 0.369 e. The molecule has 0 aliphatic carbocycles. The van der Waals surface area contributed by atoms with Crippen molar-refractivity contribution in [3.8, 4) is 0 Å². The molecule has 0 bridgehead atoms. The summed E-state index contributed by atoms with van der Waals surface area (Å²) in [5, 5.41) is 4.10. The number of H-pyrrole nitrogens is 1. The number of fused-ring (bicyclic) bond motifs is 1. The third kappa shape index (κ3) is 3.69. The molecule has 2 heterocycles. The van der Waals surface area contributed by atoms with E-state index in [1.165, 1.54) is 12.1 Å². The molecule has 1 aromatic heterocycles. The summed E-state index contributed by atoms with van der Waals surface area (Å²) < 4.78 is 38.0. The van der Waals surface area contributed by atoms with E-state index in [1.807, 2.05) is 24.4 Å². The molecule has 146 valence electrons. The molecular weight excluding hydrogens is 367 g/mol. The normalized spacial score (nSPS) is 17.7. The van der Waals surface area contributed by atoms with Gasteiger partial charge in [-0.25, -0.2) is 0 Å². The summed E-state index contributed by atoms with van der Waals surface area (Å²) >= 11 is 0. The van der Waals surface area contributed by atoms with Gasteiger partial charge in [-0.2, -0.15) is 13.2 Å². The molecule has 2 aromatic carbocycles. The highest BCUT2D eigenvalue weighted by Crippen LogP contribution is 2.30. The minimum absolute atomic E-state index is 0.0576. The lowest BCUT2D eigenvalue weighted by atomic mass is 10.0. The first kappa shape index (κ1) is 18.4. The number of anilines is 1. The van der Waals surface area contributed by atoms with Crippen LogP contribution in [0.25, 0.3) is 10.9 Å². The van der Waals surface area contributed by atoms with Crippen LogP contribution >= 0.6 is 0 Å². The van der Waals surface area contributed by atoms with E-state index in [0.29, 0.717) is 6.54 Å². The lowest BCUT2D eigenvalue weighted by Crippen LogP contribution is -2.47. The summed E-state index contributed by atoms with van der Waals surface area (Å²) in [7, 11) is 0. The number of nitrogens with zero attached hydrogens (tertiary/aromatic N) is 1. The Balaban J connectivity index is 1.45. The van der Waals surface area contributed by atoms with Gasteiger partial charge in [-0.15, -0.1) is 0 Å². The number of hydrogen-bond acceptors (Lipinski definition) is 2. The van der Waals surface area contributed by atoms with E-state index in [4.69, 9.17) is 0 Å². The highest BCUT2D eigenvalue weighted by atomic mass is 19.4. The number of carbonyl (C=O) groups is 1. The molecular formula is C21H20F3N3O. The number of aromatic nitrogens is 1. The second-order valence-corrected chi connectivity index (χ2v) is 7.05. The van der Waals surface area contributed by atoms with Crippen LogP contribution in [0, 0.1) is 0 Å². The average molecular weight is 387 g/mol. The Kier molecular flexibility index (Phi) is 4.75. The zero-order chi connectivity index (χ0) is 19.7. The number of nitrogens with one attached hydrogen (secondary N) is 2. The van der Waals surface area contributed by atoms with Crippen molar-refractivity contribution in [2.24, 2.45) is 0 Å². The lowest BCUT2D eigenvalue weighted by molar-refractivity contribution is -0.137. The first-order valence-corrected chi connectivity index (χ1v) is 9.21. The van der Waals surface area contributed by atoms with Crippen molar-refractivity contribution < 1.29 is 18.0 Å². The molecule has 1 amide bonds. The Morgan fingerprint density at radius 2 is 1.89 bits per heavy atom. The highest BCUT2D eigenvalue weighted by molar-refractivity contribution is 5.95. The molecule has 28 heavy (non-hydrogen) atoms. The topological polar surface area (TPSA) is 48.1 Å². The van der Waals surface area contributed by atoms with Crippen LogP contribution in [0.2, 0.25) is 0 Å². The number of amides is 1. The highest BCUT2D eigenvalue weighted by Gasteiger charge is 2.30. The van der Waals surface area contributed by atoms with Crippen molar-refractivity contribution in [1.82, 2.24) is 10.3 Å². The Morgan fingerprint density at radius 1 is 1.11 bits per heavy atom. The Hall–Kier alpha value is -2.96. The van der Waals surface area contributed by atoms with E-state index in [1.54, 1.807) is 0 Å². The maximum Gasteiger partial charge on any atom is 0.416 e. The molecule has 7 heteroatoms. The average Bonchev–Trinajstić information content (AvgIpc) is 3.16. The molecule has 4 rings (SSSR count). The van der Waals surface area contributed by atoms with Crippen LogP contribution in [-0.4, -0.2) is 30.0 Å². The fourth-order valence-electron chi connectivity index (χ4n) is 3.74. The van der Waals surface area contributed by atoms with Gasteiger partial charge in [0.25, 0.3) is 5.91 Å². The van der Waals surface area contributed by atoms with Gasteiger partial charge in [-0.05, 0) is 55.3 Å². The Labute approximate surface area is 160 Å². The molecule has 0 saturated carbocycles. The number of benzene rings is 2. The molecule has 1 unspecified atom stereocenters. The molecule has 3 aromatic rings. The number of aromatic amines is 1. The van der Waals surface area contributed by atoms with Gasteiger partial charge in [-0.3, -0.25) is 4.79 Å². The summed E-state index contributed by atoms with van der Waals surface area (Å²) in [6, 6.07) is 12.4. The molecule has 4 nitrogen and oxygen atoms in total. The predicted octanol–water partition coefficient (Wildman–Crippen LogP) is 4.59. The summed E-state index contributed by atoms with van der Waals surface area (Å²) in [6.45, 7) is 1.56. The van der Waals surface area contributed by atoms with E-state index >= 15 is 0 Å². The largest absolute Gasteiger partial charge is 0.416 e. The monoisotopic (exact) mass is 387 g/mol. The van der Waals surface area contributed by atoms with Gasteiger partial charge in [0.05, 0.1) is 5.56 Å². The van der Waals surface area contributed by atoms with Crippen molar-refractivity contribution in [3.63, 3.8) is 0 Å². The van der Waals surface area contributed by atoms with Crippen LogP contribution in [0.3, 0.4) is 0 Å². The molecule has 1 fully saturated rings. The Morgan fingerprint density at radius 3 is 2.64 bits per heavy atom. The number of piperidine rings is 1. The zero-order valence-electron chi connectivity index (χ0n) is 15.1. The van der Waals surface area contributed by atoms with Gasteiger partial charge in [0, 0.05) is 47.5 Å². The van der Waals surface area contributed by atoms with E-state index in [0.717, 1.165) is 48.1 Å². The third-order valence-electron chi connectivity index (χ3n) is 5.14. The maximum atomic E-state index is 12.7. The van der Waals surface area contributed by atoms with Gasteiger partial charge in [0.15, 0.2) is 0 Å². The molecule has 1 saturated heterocycles. The number of hydrogen-bond donors (Lipinski definition) is 2. The summed E-state index contributed by atoms with van der Waals surface area (Å²) in [5.74, 6) is -0.347. The van der Waals surface area contributed by atoms with E-state index < -0.39 is 11.7 Å². The molecule has 2 N–H and O–H groups in total. The van der Waals surface area contributed by atoms with Crippen molar-refractivity contribution in [2.75, 3.05) is 18.0 Å². The standard InChI is InChI=1S/C21H20F3N3O/c22-21(23,24)15-8-6-14(7-9-15)20(28)26-16-3-2-12-27(13-16)19-5-1-4-18-17(19)10-11-25-18/h1,4-11,16,25H,2-3,12-13H2,(H,26,28). The first-order chi connectivity index (χ1) is 13.4. The number of rotatable bonds is 3. The van der Waals surface area contributed by atoms with Crippen molar-refractivity contribution in [3.05, 3.63) is 65.9 Å². The Bertz CT molecular complexity index is 978. The fraction of sp³-hybridized carbons (Fsp3) is 0.286. The molecule has 0 spiro atoms. The van der Waals surface area contributed by atoms with Crippen LogP contribution in [0.15, 0.2) is 54.7 Å². The number of halogens is 3. The van der Waals surface area contributed by atoms with Crippen LogP contribution < -0.4 is 10.2 Å².